The quantitative estimate of drug-likeness (QED) is 0.0265. The van der Waals surface area contributed by atoms with Crippen molar-refractivity contribution >= 4 is 19.8 Å². The summed E-state index contributed by atoms with van der Waals surface area (Å²) in [5.41, 5.74) is 5.37. The predicted octanol–water partition coefficient (Wildman–Crippen LogP) is 16.1. The number of unbranched alkanes of at least 4 members (excludes halogenated alkanes) is 31. The lowest BCUT2D eigenvalue weighted by Crippen LogP contribution is -2.29. The maximum Gasteiger partial charge on any atom is 0.472 e. The molecule has 0 aromatic carbocycles. The number of rotatable bonds is 50. The molecule has 2 atom stereocenters. The highest BCUT2D eigenvalue weighted by atomic mass is 31.2. The van der Waals surface area contributed by atoms with Crippen LogP contribution in [0.1, 0.15) is 258 Å². The molecule has 0 fully saturated rings. The Bertz CT molecular complexity index is 1130. The number of carbonyl (C=O) groups is 2. The number of ether oxygens (including phenoxy) is 2. The Labute approximate surface area is 388 Å². The van der Waals surface area contributed by atoms with Crippen molar-refractivity contribution in [2.24, 2.45) is 5.73 Å². The average molecular weight is 910 g/mol. The molecule has 0 radical (unpaired) electrons. The molecule has 0 spiro atoms. The van der Waals surface area contributed by atoms with Crippen molar-refractivity contribution in [2.45, 2.75) is 264 Å². The second kappa shape index (κ2) is 49.7. The Morgan fingerprint density at radius 3 is 1.22 bits per heavy atom. The van der Waals surface area contributed by atoms with E-state index in [-0.39, 0.29) is 38.6 Å². The van der Waals surface area contributed by atoms with Crippen molar-refractivity contribution in [3.63, 3.8) is 0 Å². The molecule has 0 aliphatic rings. The third-order valence-corrected chi connectivity index (χ3v) is 12.5. The van der Waals surface area contributed by atoms with E-state index in [1.807, 2.05) is 0 Å². The Morgan fingerprint density at radius 2 is 0.825 bits per heavy atom. The van der Waals surface area contributed by atoms with Crippen LogP contribution in [0.4, 0.5) is 0 Å². The summed E-state index contributed by atoms with van der Waals surface area (Å²) in [6, 6.07) is 0. The van der Waals surface area contributed by atoms with Crippen molar-refractivity contribution in [1.82, 2.24) is 0 Å². The Kier molecular flexibility index (Phi) is 48.3. The van der Waals surface area contributed by atoms with Crippen LogP contribution in [-0.4, -0.2) is 49.3 Å². The van der Waals surface area contributed by atoms with Crippen LogP contribution in [0.3, 0.4) is 0 Å². The highest BCUT2D eigenvalue weighted by Gasteiger charge is 2.26. The zero-order valence-electron chi connectivity index (χ0n) is 41.1. The van der Waals surface area contributed by atoms with E-state index in [0.29, 0.717) is 6.42 Å². The summed E-state index contributed by atoms with van der Waals surface area (Å²) >= 11 is 0. The summed E-state index contributed by atoms with van der Waals surface area (Å²) < 4.78 is 32.9. The number of nitrogens with two attached hydrogens (primary N) is 1. The zero-order valence-corrected chi connectivity index (χ0v) is 42.0. The lowest BCUT2D eigenvalue weighted by atomic mass is 10.0. The van der Waals surface area contributed by atoms with Crippen LogP contribution >= 0.6 is 7.82 Å². The summed E-state index contributed by atoms with van der Waals surface area (Å²) in [5.74, 6) is -0.829. The molecule has 0 saturated carbocycles. The molecule has 10 heteroatoms. The largest absolute Gasteiger partial charge is 0.472 e. The van der Waals surface area contributed by atoms with E-state index in [9.17, 15) is 19.0 Å². The highest BCUT2D eigenvalue weighted by molar-refractivity contribution is 7.47. The summed E-state index contributed by atoms with van der Waals surface area (Å²) in [7, 11) is -4.38. The van der Waals surface area contributed by atoms with E-state index < -0.39 is 26.5 Å². The second-order valence-electron chi connectivity index (χ2n) is 17.7. The van der Waals surface area contributed by atoms with Crippen molar-refractivity contribution in [2.75, 3.05) is 26.4 Å². The molecule has 63 heavy (non-hydrogen) atoms. The topological polar surface area (TPSA) is 134 Å². The van der Waals surface area contributed by atoms with Gasteiger partial charge in [-0.25, -0.2) is 4.57 Å². The highest BCUT2D eigenvalue weighted by Crippen LogP contribution is 2.43. The van der Waals surface area contributed by atoms with Gasteiger partial charge in [0.05, 0.1) is 13.2 Å². The summed E-state index contributed by atoms with van der Waals surface area (Å²) in [6.07, 6.45) is 57.6. The zero-order chi connectivity index (χ0) is 46.0. The van der Waals surface area contributed by atoms with Gasteiger partial charge in [0.15, 0.2) is 6.10 Å². The van der Waals surface area contributed by atoms with Gasteiger partial charge in [-0.05, 0) is 70.6 Å². The SMILES string of the molecule is CCCCCCC/C=C\C/C=C\CCCCCCCCCCCCCCCCCC(=O)OC(COC(=O)CCCCCCC/C=C\CCCCCCCC)COP(=O)(O)OCCN. The van der Waals surface area contributed by atoms with E-state index in [1.54, 1.807) is 0 Å². The number of esters is 2. The van der Waals surface area contributed by atoms with Crippen LogP contribution in [0.25, 0.3) is 0 Å². The molecule has 0 aromatic heterocycles. The van der Waals surface area contributed by atoms with Crippen molar-refractivity contribution in [1.29, 1.82) is 0 Å². The molecule has 0 heterocycles. The van der Waals surface area contributed by atoms with Gasteiger partial charge in [-0.2, -0.15) is 0 Å². The number of hydrogen-bond acceptors (Lipinski definition) is 8. The smallest absolute Gasteiger partial charge is 0.462 e. The van der Waals surface area contributed by atoms with Crippen LogP contribution in [0, 0.1) is 0 Å². The first-order valence-corrected chi connectivity index (χ1v) is 28.0. The van der Waals surface area contributed by atoms with Gasteiger partial charge in [0.25, 0.3) is 0 Å². The van der Waals surface area contributed by atoms with Crippen molar-refractivity contribution < 1.29 is 37.6 Å². The first-order chi connectivity index (χ1) is 30.8. The standard InChI is InChI=1S/C53H100NO8P/c1-3-5-7-9-11-13-15-17-19-20-21-22-23-24-25-26-27-28-29-30-32-34-36-38-40-42-44-46-53(56)62-51(50-61-63(57,58)60-48-47-54)49-59-52(55)45-43-41-39-37-35-33-31-18-16-14-12-10-8-6-4-2/h15,17-18,20-21,31,51H,3-14,16,19,22-30,32-50,54H2,1-2H3,(H,57,58)/b17-15-,21-20-,31-18-. The van der Waals surface area contributed by atoms with Crippen LogP contribution < -0.4 is 5.73 Å². The fraction of sp³-hybridized carbons (Fsp3) is 0.849. The molecule has 0 aliphatic carbocycles. The van der Waals surface area contributed by atoms with Gasteiger partial charge in [0, 0.05) is 19.4 Å². The second-order valence-corrected chi connectivity index (χ2v) is 19.2. The molecule has 0 rings (SSSR count). The summed E-state index contributed by atoms with van der Waals surface area (Å²) in [5, 5.41) is 0. The molecular formula is C53H100NO8P. The minimum absolute atomic E-state index is 0.0531. The van der Waals surface area contributed by atoms with Gasteiger partial charge in [-0.1, -0.05) is 211 Å². The van der Waals surface area contributed by atoms with E-state index >= 15 is 0 Å². The molecule has 0 bridgehead atoms. The maximum atomic E-state index is 12.7. The Morgan fingerprint density at radius 1 is 0.476 bits per heavy atom. The minimum atomic E-state index is -4.38. The van der Waals surface area contributed by atoms with Crippen LogP contribution in [0.5, 0.6) is 0 Å². The number of carbonyl (C=O) groups excluding carboxylic acids is 2. The maximum absolute atomic E-state index is 12.7. The Hall–Kier alpha value is -1.77. The molecule has 3 N–H and O–H groups in total. The summed E-state index contributed by atoms with van der Waals surface area (Å²) in [6.45, 7) is 3.74. The van der Waals surface area contributed by atoms with Gasteiger partial charge >= 0.3 is 19.8 Å². The van der Waals surface area contributed by atoms with E-state index in [4.69, 9.17) is 24.3 Å². The monoisotopic (exact) mass is 910 g/mol. The van der Waals surface area contributed by atoms with Crippen LogP contribution in [-0.2, 0) is 32.7 Å². The third-order valence-electron chi connectivity index (χ3n) is 11.5. The lowest BCUT2D eigenvalue weighted by Gasteiger charge is -2.19. The van der Waals surface area contributed by atoms with Crippen LogP contribution in [0.15, 0.2) is 36.5 Å². The van der Waals surface area contributed by atoms with E-state index in [1.165, 1.54) is 161 Å². The fourth-order valence-corrected chi connectivity index (χ4v) is 8.31. The van der Waals surface area contributed by atoms with Crippen molar-refractivity contribution in [3.8, 4) is 0 Å². The normalized spacial score (nSPS) is 13.4. The van der Waals surface area contributed by atoms with Gasteiger partial charge in [0.2, 0.25) is 0 Å². The molecule has 0 amide bonds. The van der Waals surface area contributed by atoms with Gasteiger partial charge in [-0.15, -0.1) is 0 Å². The number of hydrogen-bond donors (Lipinski definition) is 2. The first kappa shape index (κ1) is 61.2. The molecule has 0 aromatic rings. The Balaban J connectivity index is 3.97. The molecule has 370 valence electrons. The first-order valence-electron chi connectivity index (χ1n) is 26.5. The summed E-state index contributed by atoms with van der Waals surface area (Å²) in [4.78, 5) is 35.0. The van der Waals surface area contributed by atoms with Gasteiger partial charge in [0.1, 0.15) is 6.61 Å². The minimum Gasteiger partial charge on any atom is -0.462 e. The third kappa shape index (κ3) is 49.5. The molecule has 0 aliphatic heterocycles. The molecular weight excluding hydrogens is 810 g/mol. The van der Waals surface area contributed by atoms with E-state index in [0.717, 1.165) is 64.2 Å². The lowest BCUT2D eigenvalue weighted by molar-refractivity contribution is -0.161. The molecule has 9 nitrogen and oxygen atoms in total. The average Bonchev–Trinajstić information content (AvgIpc) is 3.27. The predicted molar refractivity (Wildman–Crippen MR) is 266 cm³/mol. The van der Waals surface area contributed by atoms with Crippen molar-refractivity contribution in [3.05, 3.63) is 36.5 Å². The molecule has 0 saturated heterocycles. The van der Waals surface area contributed by atoms with E-state index in [2.05, 4.69) is 50.3 Å². The van der Waals surface area contributed by atoms with Gasteiger partial charge in [-0.3, -0.25) is 18.6 Å². The van der Waals surface area contributed by atoms with Crippen LogP contribution in [0.2, 0.25) is 0 Å². The number of phosphoric ester groups is 1. The fourth-order valence-electron chi connectivity index (χ4n) is 7.54. The number of phosphoric acid groups is 1. The molecule has 2 unspecified atom stereocenters. The van der Waals surface area contributed by atoms with Gasteiger partial charge < -0.3 is 20.1 Å². The number of allylic oxidation sites excluding steroid dienone is 6.